The minimum absolute atomic E-state index is 0.0404. The normalized spacial score (nSPS) is 25.4. The summed E-state index contributed by atoms with van der Waals surface area (Å²) in [5.74, 6) is 1.42. The third-order valence-corrected chi connectivity index (χ3v) is 4.63. The van der Waals surface area contributed by atoms with Crippen LogP contribution in [0.2, 0.25) is 5.02 Å². The molecule has 116 valence electrons. The van der Waals surface area contributed by atoms with Crippen molar-refractivity contribution in [1.29, 1.82) is 0 Å². The van der Waals surface area contributed by atoms with E-state index in [0.29, 0.717) is 23.1 Å². The first-order valence-electron chi connectivity index (χ1n) is 7.55. The molecule has 0 spiro atoms. The molecule has 0 saturated heterocycles. The number of nitrogens with one attached hydrogen (secondary N) is 1. The standard InChI is InChI=1S/C17H24ClNO2/c1-12-5-4-8-17(2,11-12)19-16(20)9-13-6-7-14(21-3)10-15(13)18/h6-7,10,12H,4-5,8-9,11H2,1-3H3,(H,19,20). The Balaban J connectivity index is 1.98. The van der Waals surface area contributed by atoms with Crippen molar-refractivity contribution in [2.45, 2.75) is 51.5 Å². The van der Waals surface area contributed by atoms with Gasteiger partial charge in [0.15, 0.2) is 0 Å². The molecule has 0 bridgehead atoms. The molecule has 1 N–H and O–H groups in total. The van der Waals surface area contributed by atoms with Gasteiger partial charge in [-0.2, -0.15) is 0 Å². The van der Waals surface area contributed by atoms with Gasteiger partial charge in [-0.3, -0.25) is 4.79 Å². The number of rotatable bonds is 4. The molecular formula is C17H24ClNO2. The van der Waals surface area contributed by atoms with Crippen molar-refractivity contribution in [3.8, 4) is 5.75 Å². The lowest BCUT2D eigenvalue weighted by Gasteiger charge is -2.37. The van der Waals surface area contributed by atoms with Crippen molar-refractivity contribution in [2.24, 2.45) is 5.92 Å². The Morgan fingerprint density at radius 2 is 2.29 bits per heavy atom. The summed E-state index contributed by atoms with van der Waals surface area (Å²) in [6.07, 6.45) is 4.86. The van der Waals surface area contributed by atoms with Crippen molar-refractivity contribution in [1.82, 2.24) is 5.32 Å². The Kier molecular flexibility index (Phi) is 5.15. The van der Waals surface area contributed by atoms with Gasteiger partial charge in [-0.1, -0.05) is 37.4 Å². The highest BCUT2D eigenvalue weighted by Gasteiger charge is 2.31. The van der Waals surface area contributed by atoms with E-state index in [1.807, 2.05) is 12.1 Å². The molecule has 2 unspecified atom stereocenters. The molecule has 21 heavy (non-hydrogen) atoms. The lowest BCUT2D eigenvalue weighted by Crippen LogP contribution is -2.49. The van der Waals surface area contributed by atoms with Gasteiger partial charge in [0.2, 0.25) is 5.91 Å². The van der Waals surface area contributed by atoms with Crippen LogP contribution in [0, 0.1) is 5.92 Å². The van der Waals surface area contributed by atoms with Crippen LogP contribution in [0.3, 0.4) is 0 Å². The first kappa shape index (κ1) is 16.2. The molecule has 4 heteroatoms. The molecular weight excluding hydrogens is 286 g/mol. The molecule has 1 amide bonds. The number of ether oxygens (including phenoxy) is 1. The number of halogens is 1. The number of amides is 1. The lowest BCUT2D eigenvalue weighted by molar-refractivity contribution is -0.122. The van der Waals surface area contributed by atoms with Crippen LogP contribution in [-0.2, 0) is 11.2 Å². The summed E-state index contributed by atoms with van der Waals surface area (Å²) in [5, 5.41) is 3.78. The average molecular weight is 310 g/mol. The molecule has 1 aromatic rings. The van der Waals surface area contributed by atoms with Gasteiger partial charge >= 0.3 is 0 Å². The Morgan fingerprint density at radius 1 is 1.52 bits per heavy atom. The van der Waals surface area contributed by atoms with Crippen molar-refractivity contribution in [3.63, 3.8) is 0 Å². The number of hydrogen-bond acceptors (Lipinski definition) is 2. The molecule has 1 fully saturated rings. The maximum Gasteiger partial charge on any atom is 0.224 e. The van der Waals surface area contributed by atoms with Crippen LogP contribution in [0.5, 0.6) is 5.75 Å². The molecule has 1 aliphatic carbocycles. The van der Waals surface area contributed by atoms with Crippen LogP contribution < -0.4 is 10.1 Å². The number of carbonyl (C=O) groups is 1. The second-order valence-corrected chi connectivity index (χ2v) is 6.85. The summed E-state index contributed by atoms with van der Waals surface area (Å²) in [5.41, 5.74) is 0.760. The number of hydrogen-bond donors (Lipinski definition) is 1. The van der Waals surface area contributed by atoms with Gasteiger partial charge in [0.25, 0.3) is 0 Å². The summed E-state index contributed by atoms with van der Waals surface area (Å²) in [4.78, 5) is 12.3. The van der Waals surface area contributed by atoms with E-state index in [1.165, 1.54) is 12.8 Å². The van der Waals surface area contributed by atoms with Crippen LogP contribution in [0.25, 0.3) is 0 Å². The second kappa shape index (κ2) is 6.69. The highest BCUT2D eigenvalue weighted by atomic mass is 35.5. The third-order valence-electron chi connectivity index (χ3n) is 4.28. The second-order valence-electron chi connectivity index (χ2n) is 6.44. The predicted molar refractivity (Wildman–Crippen MR) is 85.9 cm³/mol. The maximum atomic E-state index is 12.3. The van der Waals surface area contributed by atoms with Crippen LogP contribution >= 0.6 is 11.6 Å². The Morgan fingerprint density at radius 3 is 2.90 bits per heavy atom. The maximum absolute atomic E-state index is 12.3. The van der Waals surface area contributed by atoms with Crippen LogP contribution in [0.4, 0.5) is 0 Å². The zero-order valence-electron chi connectivity index (χ0n) is 13.0. The van der Waals surface area contributed by atoms with Crippen LogP contribution in [-0.4, -0.2) is 18.6 Å². The van der Waals surface area contributed by atoms with E-state index in [9.17, 15) is 4.79 Å². The van der Waals surface area contributed by atoms with Gasteiger partial charge in [-0.15, -0.1) is 0 Å². The number of carbonyl (C=O) groups excluding carboxylic acids is 1. The van der Waals surface area contributed by atoms with E-state index in [2.05, 4.69) is 19.2 Å². The van der Waals surface area contributed by atoms with Gasteiger partial charge in [0.1, 0.15) is 5.75 Å². The lowest BCUT2D eigenvalue weighted by atomic mass is 9.77. The number of methoxy groups -OCH3 is 1. The van der Waals surface area contributed by atoms with Crippen LogP contribution in [0.15, 0.2) is 18.2 Å². The fourth-order valence-electron chi connectivity index (χ4n) is 3.28. The number of benzene rings is 1. The van der Waals surface area contributed by atoms with Crippen molar-refractivity contribution < 1.29 is 9.53 Å². The van der Waals surface area contributed by atoms with Gasteiger partial charge in [0.05, 0.1) is 13.5 Å². The Bertz CT molecular complexity index is 518. The fraction of sp³-hybridized carbons (Fsp3) is 0.588. The monoisotopic (exact) mass is 309 g/mol. The molecule has 1 saturated carbocycles. The Hall–Kier alpha value is -1.22. The minimum atomic E-state index is -0.0757. The van der Waals surface area contributed by atoms with E-state index in [-0.39, 0.29) is 11.4 Å². The van der Waals surface area contributed by atoms with E-state index in [1.54, 1.807) is 13.2 Å². The van der Waals surface area contributed by atoms with Gasteiger partial charge < -0.3 is 10.1 Å². The van der Waals surface area contributed by atoms with E-state index in [4.69, 9.17) is 16.3 Å². The first-order valence-corrected chi connectivity index (χ1v) is 7.93. The van der Waals surface area contributed by atoms with Crippen molar-refractivity contribution in [2.75, 3.05) is 7.11 Å². The van der Waals surface area contributed by atoms with Gasteiger partial charge in [0, 0.05) is 10.6 Å². The van der Waals surface area contributed by atoms with E-state index < -0.39 is 0 Å². The molecule has 2 rings (SSSR count). The molecule has 3 nitrogen and oxygen atoms in total. The molecule has 2 atom stereocenters. The molecule has 1 aromatic carbocycles. The highest BCUT2D eigenvalue weighted by molar-refractivity contribution is 6.31. The first-order chi connectivity index (χ1) is 9.92. The van der Waals surface area contributed by atoms with Gasteiger partial charge in [-0.25, -0.2) is 0 Å². The minimum Gasteiger partial charge on any atom is -0.497 e. The molecule has 0 aliphatic heterocycles. The van der Waals surface area contributed by atoms with Crippen molar-refractivity contribution in [3.05, 3.63) is 28.8 Å². The molecule has 0 aromatic heterocycles. The van der Waals surface area contributed by atoms with Crippen LogP contribution in [0.1, 0.15) is 45.1 Å². The molecule has 0 radical (unpaired) electrons. The highest BCUT2D eigenvalue weighted by Crippen LogP contribution is 2.32. The largest absolute Gasteiger partial charge is 0.497 e. The summed E-state index contributed by atoms with van der Waals surface area (Å²) in [7, 11) is 1.60. The summed E-state index contributed by atoms with van der Waals surface area (Å²) < 4.78 is 5.12. The smallest absolute Gasteiger partial charge is 0.224 e. The average Bonchev–Trinajstić information content (AvgIpc) is 2.40. The zero-order chi connectivity index (χ0) is 15.5. The van der Waals surface area contributed by atoms with Gasteiger partial charge in [-0.05, 0) is 43.4 Å². The Labute approximate surface area is 132 Å². The summed E-state index contributed by atoms with van der Waals surface area (Å²) >= 11 is 6.19. The summed E-state index contributed by atoms with van der Waals surface area (Å²) in [6.45, 7) is 4.40. The zero-order valence-corrected chi connectivity index (χ0v) is 13.8. The molecule has 0 heterocycles. The molecule has 1 aliphatic rings. The SMILES string of the molecule is COc1ccc(CC(=O)NC2(C)CCCC(C)C2)c(Cl)c1. The predicted octanol–water partition coefficient (Wildman–Crippen LogP) is 3.98. The summed E-state index contributed by atoms with van der Waals surface area (Å²) in [6, 6.07) is 5.43. The van der Waals surface area contributed by atoms with E-state index in [0.717, 1.165) is 18.4 Å². The van der Waals surface area contributed by atoms with E-state index >= 15 is 0 Å². The van der Waals surface area contributed by atoms with Crippen molar-refractivity contribution >= 4 is 17.5 Å². The topological polar surface area (TPSA) is 38.3 Å². The quantitative estimate of drug-likeness (QED) is 0.913. The fourth-order valence-corrected chi connectivity index (χ4v) is 3.52. The third kappa shape index (κ3) is 4.37.